The van der Waals surface area contributed by atoms with Crippen molar-refractivity contribution < 1.29 is 14.7 Å². The van der Waals surface area contributed by atoms with Gasteiger partial charge in [-0.15, -0.1) is 0 Å². The number of ketones is 1. The first-order valence-corrected chi connectivity index (χ1v) is 11.5. The highest BCUT2D eigenvalue weighted by atomic mass is 16.3. The van der Waals surface area contributed by atoms with Gasteiger partial charge < -0.3 is 10.4 Å². The maximum atomic E-state index is 13.9. The minimum atomic E-state index is -1.43. The van der Waals surface area contributed by atoms with Crippen molar-refractivity contribution in [2.24, 2.45) is 35.0 Å². The summed E-state index contributed by atoms with van der Waals surface area (Å²) < 4.78 is 0. The summed E-state index contributed by atoms with van der Waals surface area (Å²) in [5.74, 6) is 0.258. The number of carbonyl (C=O) groups excluding carboxylic acids is 2. The molecule has 0 aromatic rings. The zero-order valence-electron chi connectivity index (χ0n) is 19.7. The third kappa shape index (κ3) is 4.08. The number of allylic oxidation sites excluding steroid dienone is 4. The number of carbonyl (C=O) groups is 2. The van der Waals surface area contributed by atoms with Crippen LogP contribution < -0.4 is 5.32 Å². The molecule has 30 heavy (non-hydrogen) atoms. The van der Waals surface area contributed by atoms with Crippen molar-refractivity contribution in [1.82, 2.24) is 5.32 Å². The summed E-state index contributed by atoms with van der Waals surface area (Å²) in [7, 11) is 0. The minimum Gasteiger partial charge on any atom is -0.367 e. The molecule has 1 heterocycles. The molecule has 2 aliphatic carbocycles. The van der Waals surface area contributed by atoms with Crippen molar-refractivity contribution in [1.29, 1.82) is 0 Å². The van der Waals surface area contributed by atoms with Gasteiger partial charge >= 0.3 is 0 Å². The third-order valence-electron chi connectivity index (χ3n) is 7.64. The molecule has 0 saturated heterocycles. The number of nitrogens with one attached hydrogen (secondary N) is 1. The van der Waals surface area contributed by atoms with Crippen molar-refractivity contribution in [3.05, 3.63) is 34.9 Å². The lowest BCUT2D eigenvalue weighted by atomic mass is 9.52. The predicted molar refractivity (Wildman–Crippen MR) is 120 cm³/mol. The van der Waals surface area contributed by atoms with E-state index in [1.165, 1.54) is 17.2 Å². The summed E-state index contributed by atoms with van der Waals surface area (Å²) in [6, 6.07) is 0. The molecule has 6 atom stereocenters. The molecule has 0 bridgehead atoms. The highest BCUT2D eigenvalue weighted by Crippen LogP contribution is 2.56. The quantitative estimate of drug-likeness (QED) is 0.495. The molecule has 1 saturated carbocycles. The van der Waals surface area contributed by atoms with Crippen molar-refractivity contribution in [3.63, 3.8) is 0 Å². The Morgan fingerprint density at radius 3 is 2.60 bits per heavy atom. The summed E-state index contributed by atoms with van der Waals surface area (Å²) in [6.07, 6.45) is 9.58. The maximum Gasteiger partial charge on any atom is 0.257 e. The van der Waals surface area contributed by atoms with Crippen molar-refractivity contribution in [2.45, 2.75) is 79.9 Å². The average Bonchev–Trinajstić information content (AvgIpc) is 2.91. The smallest absolute Gasteiger partial charge is 0.257 e. The first-order valence-electron chi connectivity index (χ1n) is 11.5. The van der Waals surface area contributed by atoms with E-state index in [9.17, 15) is 14.7 Å². The molecule has 2 N–H and O–H groups in total. The first-order chi connectivity index (χ1) is 13.9. The summed E-state index contributed by atoms with van der Waals surface area (Å²) in [5, 5.41) is 13.5. The molecule has 0 spiro atoms. The molecule has 3 rings (SSSR count). The van der Waals surface area contributed by atoms with Crippen LogP contribution in [0.5, 0.6) is 0 Å². The fourth-order valence-corrected chi connectivity index (χ4v) is 6.53. The van der Waals surface area contributed by atoms with Gasteiger partial charge in [-0.1, -0.05) is 57.4 Å². The molecular formula is C26H39NO3. The second kappa shape index (κ2) is 8.11. The fourth-order valence-electron chi connectivity index (χ4n) is 6.53. The van der Waals surface area contributed by atoms with Crippen LogP contribution in [-0.2, 0) is 9.59 Å². The number of Topliss-reactive ketones (excluding diaryl/α,β-unsaturated/α-hetero) is 1. The normalized spacial score (nSPS) is 39.4. The second-order valence-corrected chi connectivity index (χ2v) is 10.8. The summed E-state index contributed by atoms with van der Waals surface area (Å²) in [5.41, 5.74) is 1.10. The van der Waals surface area contributed by atoms with Crippen LogP contribution in [0.25, 0.3) is 0 Å². The van der Waals surface area contributed by atoms with Crippen LogP contribution in [0.4, 0.5) is 0 Å². The van der Waals surface area contributed by atoms with Crippen molar-refractivity contribution in [3.8, 4) is 0 Å². The predicted octanol–water partition coefficient (Wildman–Crippen LogP) is 4.95. The number of rotatable bonds is 5. The Labute approximate surface area is 181 Å². The Bertz CT molecular complexity index is 820. The van der Waals surface area contributed by atoms with Crippen LogP contribution in [0.2, 0.25) is 0 Å². The van der Waals surface area contributed by atoms with E-state index >= 15 is 0 Å². The van der Waals surface area contributed by atoms with Gasteiger partial charge in [-0.2, -0.15) is 0 Å². The maximum absolute atomic E-state index is 13.9. The zero-order chi connectivity index (χ0) is 22.4. The van der Waals surface area contributed by atoms with Crippen molar-refractivity contribution >= 4 is 11.7 Å². The molecule has 0 aromatic carbocycles. The summed E-state index contributed by atoms with van der Waals surface area (Å²) in [4.78, 5) is 26.7. The van der Waals surface area contributed by atoms with Gasteiger partial charge in [-0.3, -0.25) is 9.59 Å². The molecule has 0 radical (unpaired) electrons. The summed E-state index contributed by atoms with van der Waals surface area (Å²) >= 11 is 0. The molecule has 1 aliphatic heterocycles. The highest BCUT2D eigenvalue weighted by Gasteiger charge is 2.52. The number of aliphatic hydroxyl groups is 1. The molecule has 166 valence electrons. The fraction of sp³-hybridized carbons (Fsp3) is 0.692. The van der Waals surface area contributed by atoms with Gasteiger partial charge in [0.1, 0.15) is 0 Å². The van der Waals surface area contributed by atoms with Crippen LogP contribution >= 0.6 is 0 Å². The largest absolute Gasteiger partial charge is 0.367 e. The van der Waals surface area contributed by atoms with Gasteiger partial charge in [0.25, 0.3) is 5.91 Å². The number of fused-ring (bicyclic) bond motifs is 1. The Morgan fingerprint density at radius 1 is 1.33 bits per heavy atom. The molecule has 0 unspecified atom stereocenters. The van der Waals surface area contributed by atoms with E-state index in [4.69, 9.17) is 0 Å². The Morgan fingerprint density at radius 2 is 2.00 bits per heavy atom. The van der Waals surface area contributed by atoms with E-state index in [1.807, 2.05) is 20.8 Å². The number of hydrogen-bond donors (Lipinski definition) is 2. The Kier molecular flexibility index (Phi) is 6.21. The molecular weight excluding hydrogens is 374 g/mol. The molecule has 1 amide bonds. The molecule has 3 aliphatic rings. The standard InChI is InChI=1S/C26H39NO3/c1-8-17(5)21-18(6)13-25(7)12-16(4)9-10-20(25)22(21)23(28)19-14-26(30,11-15(2)3)27-24(19)29/h8,13-16,20-22,30H,9-12H2,1-7H3,(H,27,29)/t16-,20+,21-,22+,25+,26-/m0/s1. The van der Waals surface area contributed by atoms with Gasteiger partial charge in [0.2, 0.25) is 0 Å². The van der Waals surface area contributed by atoms with E-state index in [0.717, 1.165) is 19.3 Å². The topological polar surface area (TPSA) is 66.4 Å². The van der Waals surface area contributed by atoms with E-state index in [-0.39, 0.29) is 40.4 Å². The first kappa shape index (κ1) is 23.0. The van der Waals surface area contributed by atoms with E-state index in [0.29, 0.717) is 12.3 Å². The van der Waals surface area contributed by atoms with Crippen LogP contribution in [-0.4, -0.2) is 22.5 Å². The van der Waals surface area contributed by atoms with Gasteiger partial charge in [-0.05, 0) is 62.9 Å². The highest BCUT2D eigenvalue weighted by molar-refractivity contribution is 6.22. The van der Waals surface area contributed by atoms with Gasteiger partial charge in [0.05, 0.1) is 5.57 Å². The van der Waals surface area contributed by atoms with Crippen LogP contribution in [0.3, 0.4) is 0 Å². The monoisotopic (exact) mass is 413 g/mol. The van der Waals surface area contributed by atoms with Gasteiger partial charge in [0, 0.05) is 18.3 Å². The van der Waals surface area contributed by atoms with Crippen LogP contribution in [0.1, 0.15) is 74.1 Å². The SMILES string of the molecule is CC=C(C)[C@H]1C(C)=C[C@@]2(C)C[C@@H](C)CC[C@@H]2[C@H]1C(=O)C1=C[C@@](O)(CC(C)C)NC1=O. The average molecular weight is 414 g/mol. The van der Waals surface area contributed by atoms with Crippen molar-refractivity contribution in [2.75, 3.05) is 0 Å². The van der Waals surface area contributed by atoms with Gasteiger partial charge in [0.15, 0.2) is 11.5 Å². The van der Waals surface area contributed by atoms with E-state index < -0.39 is 11.6 Å². The lowest BCUT2D eigenvalue weighted by Crippen LogP contribution is -2.48. The molecule has 0 aromatic heterocycles. The lowest BCUT2D eigenvalue weighted by molar-refractivity contribution is -0.129. The molecule has 1 fully saturated rings. The molecule has 4 nitrogen and oxygen atoms in total. The second-order valence-electron chi connectivity index (χ2n) is 10.8. The van der Waals surface area contributed by atoms with E-state index in [1.54, 1.807) is 0 Å². The number of amides is 1. The van der Waals surface area contributed by atoms with Crippen LogP contribution in [0.15, 0.2) is 34.9 Å². The van der Waals surface area contributed by atoms with Gasteiger partial charge in [-0.25, -0.2) is 0 Å². The third-order valence-corrected chi connectivity index (χ3v) is 7.64. The Hall–Kier alpha value is -1.68. The van der Waals surface area contributed by atoms with Crippen LogP contribution in [0, 0.1) is 35.0 Å². The molecule has 4 heteroatoms. The summed E-state index contributed by atoms with van der Waals surface area (Å²) in [6.45, 7) is 14.8. The number of hydrogen-bond acceptors (Lipinski definition) is 3. The Balaban J connectivity index is 2.06. The zero-order valence-corrected chi connectivity index (χ0v) is 19.7. The lowest BCUT2D eigenvalue weighted by Gasteiger charge is -2.52. The minimum absolute atomic E-state index is 0.0153. The van der Waals surface area contributed by atoms with E-state index in [2.05, 4.69) is 45.2 Å².